The number of hydrogen-bond acceptors (Lipinski definition) is 6. The van der Waals surface area contributed by atoms with E-state index in [1.165, 1.54) is 22.7 Å². The number of thiazole rings is 1. The predicted octanol–water partition coefficient (Wildman–Crippen LogP) is 1.96. The molecule has 0 bridgehead atoms. The normalized spacial score (nSPS) is 13.6. The van der Waals surface area contributed by atoms with Gasteiger partial charge in [0.15, 0.2) is 0 Å². The number of nitrogens with zero attached hydrogens (tertiary/aromatic N) is 1. The Hall–Kier alpha value is -0.800. The smallest absolute Gasteiger partial charge is 0.242 e. The van der Waals surface area contributed by atoms with Crippen LogP contribution >= 0.6 is 22.7 Å². The van der Waals surface area contributed by atoms with Gasteiger partial charge in [-0.15, -0.1) is 22.7 Å². The van der Waals surface area contributed by atoms with E-state index in [2.05, 4.69) is 15.0 Å². The van der Waals surface area contributed by atoms with Crippen LogP contribution in [0.5, 0.6) is 0 Å². The molecule has 2 aromatic heterocycles. The minimum Gasteiger partial charge on any atom is -0.315 e. The molecule has 0 aliphatic carbocycles. The van der Waals surface area contributed by atoms with Gasteiger partial charge in [0.2, 0.25) is 10.0 Å². The van der Waals surface area contributed by atoms with Crippen LogP contribution < -0.4 is 10.0 Å². The van der Waals surface area contributed by atoms with Gasteiger partial charge in [-0.25, -0.2) is 18.1 Å². The van der Waals surface area contributed by atoms with Crippen molar-refractivity contribution in [2.75, 3.05) is 7.05 Å². The van der Waals surface area contributed by atoms with Crippen LogP contribution in [0.1, 0.15) is 22.9 Å². The van der Waals surface area contributed by atoms with E-state index in [1.54, 1.807) is 31.6 Å². The zero-order valence-electron chi connectivity index (χ0n) is 10.6. The van der Waals surface area contributed by atoms with E-state index in [0.717, 1.165) is 9.88 Å². The number of thiophene rings is 1. The quantitative estimate of drug-likeness (QED) is 0.854. The van der Waals surface area contributed by atoms with Crippen LogP contribution in [0.15, 0.2) is 27.9 Å². The maximum Gasteiger partial charge on any atom is 0.242 e. The molecule has 8 heteroatoms. The molecule has 0 aromatic carbocycles. The molecule has 104 valence electrons. The SMILES string of the molecule is CNCc1sccc1S(=O)(=O)NC(C)c1nccs1. The van der Waals surface area contributed by atoms with Crippen LogP contribution in [0.3, 0.4) is 0 Å². The van der Waals surface area contributed by atoms with Crippen LogP contribution in [0.4, 0.5) is 0 Å². The van der Waals surface area contributed by atoms with Crippen molar-refractivity contribution in [2.45, 2.75) is 24.4 Å². The van der Waals surface area contributed by atoms with Gasteiger partial charge >= 0.3 is 0 Å². The molecular formula is C11H15N3O2S3. The minimum atomic E-state index is -3.51. The van der Waals surface area contributed by atoms with Gasteiger partial charge in [-0.05, 0) is 25.4 Å². The van der Waals surface area contributed by atoms with E-state index in [4.69, 9.17) is 0 Å². The molecule has 0 aliphatic heterocycles. The zero-order chi connectivity index (χ0) is 13.9. The van der Waals surface area contributed by atoms with E-state index in [0.29, 0.717) is 11.4 Å². The standard InChI is InChI=1S/C11H15N3O2S3/c1-8(11-13-4-6-18-11)14-19(15,16)10-3-5-17-9(10)7-12-2/h3-6,8,12,14H,7H2,1-2H3. The molecule has 2 aromatic rings. The maximum absolute atomic E-state index is 12.3. The highest BCUT2D eigenvalue weighted by atomic mass is 32.2. The molecule has 0 aliphatic rings. The van der Waals surface area contributed by atoms with E-state index in [9.17, 15) is 8.42 Å². The van der Waals surface area contributed by atoms with Crippen molar-refractivity contribution in [2.24, 2.45) is 0 Å². The second-order valence-electron chi connectivity index (χ2n) is 3.95. The molecule has 1 atom stereocenters. The van der Waals surface area contributed by atoms with Crippen molar-refractivity contribution in [3.8, 4) is 0 Å². The Morgan fingerprint density at radius 2 is 2.16 bits per heavy atom. The molecule has 0 radical (unpaired) electrons. The third kappa shape index (κ3) is 3.40. The first-order chi connectivity index (χ1) is 9.04. The van der Waals surface area contributed by atoms with Gasteiger partial charge in [0, 0.05) is 23.0 Å². The summed E-state index contributed by atoms with van der Waals surface area (Å²) >= 11 is 2.87. The van der Waals surface area contributed by atoms with Crippen LogP contribution in [-0.4, -0.2) is 20.4 Å². The lowest BCUT2D eigenvalue weighted by Crippen LogP contribution is -2.27. The largest absolute Gasteiger partial charge is 0.315 e. The monoisotopic (exact) mass is 317 g/mol. The molecule has 0 amide bonds. The van der Waals surface area contributed by atoms with Gasteiger partial charge in [-0.3, -0.25) is 0 Å². The average molecular weight is 317 g/mol. The summed E-state index contributed by atoms with van der Waals surface area (Å²) in [5.41, 5.74) is 0. The third-order valence-electron chi connectivity index (χ3n) is 2.49. The number of aromatic nitrogens is 1. The van der Waals surface area contributed by atoms with Crippen LogP contribution in [-0.2, 0) is 16.6 Å². The van der Waals surface area contributed by atoms with Gasteiger partial charge in [0.1, 0.15) is 5.01 Å². The van der Waals surface area contributed by atoms with Gasteiger partial charge < -0.3 is 5.32 Å². The summed E-state index contributed by atoms with van der Waals surface area (Å²) in [4.78, 5) is 5.27. The van der Waals surface area contributed by atoms with Crippen LogP contribution in [0.25, 0.3) is 0 Å². The summed E-state index contributed by atoms with van der Waals surface area (Å²) in [6, 6.07) is 1.31. The minimum absolute atomic E-state index is 0.327. The molecule has 1 unspecified atom stereocenters. The van der Waals surface area contributed by atoms with Crippen LogP contribution in [0.2, 0.25) is 0 Å². The molecule has 2 rings (SSSR count). The lowest BCUT2D eigenvalue weighted by atomic mass is 10.4. The van der Waals surface area contributed by atoms with Crippen molar-refractivity contribution in [3.05, 3.63) is 32.9 Å². The molecule has 0 saturated heterocycles. The first-order valence-corrected chi connectivity index (χ1v) is 8.91. The van der Waals surface area contributed by atoms with Gasteiger partial charge in [0.05, 0.1) is 10.9 Å². The fourth-order valence-electron chi connectivity index (χ4n) is 1.65. The lowest BCUT2D eigenvalue weighted by molar-refractivity contribution is 0.565. The second kappa shape index (κ2) is 6.10. The summed E-state index contributed by atoms with van der Waals surface area (Å²) in [5.74, 6) is 0. The highest BCUT2D eigenvalue weighted by Crippen LogP contribution is 2.24. The summed E-state index contributed by atoms with van der Waals surface area (Å²) in [7, 11) is -1.71. The van der Waals surface area contributed by atoms with Crippen LogP contribution in [0, 0.1) is 0 Å². The maximum atomic E-state index is 12.3. The topological polar surface area (TPSA) is 71.1 Å². The van der Waals surface area contributed by atoms with E-state index < -0.39 is 10.0 Å². The number of nitrogens with one attached hydrogen (secondary N) is 2. The Bertz CT molecular complexity index is 619. The summed E-state index contributed by atoms with van der Waals surface area (Å²) in [5, 5.41) is 7.35. The van der Waals surface area contributed by atoms with Gasteiger partial charge in [0.25, 0.3) is 0 Å². The van der Waals surface area contributed by atoms with Gasteiger partial charge in [-0.1, -0.05) is 0 Å². The lowest BCUT2D eigenvalue weighted by Gasteiger charge is -2.12. The molecule has 2 N–H and O–H groups in total. The van der Waals surface area contributed by atoms with E-state index in [1.807, 2.05) is 5.38 Å². The first kappa shape index (κ1) is 14.6. The fourth-order valence-corrected chi connectivity index (χ4v) is 5.04. The Morgan fingerprint density at radius 3 is 2.79 bits per heavy atom. The summed E-state index contributed by atoms with van der Waals surface area (Å²) in [6.45, 7) is 2.33. The molecule has 0 saturated carbocycles. The Balaban J connectivity index is 2.20. The van der Waals surface area contributed by atoms with Gasteiger partial charge in [-0.2, -0.15) is 0 Å². The number of rotatable bonds is 6. The highest BCUT2D eigenvalue weighted by Gasteiger charge is 2.23. The fraction of sp³-hybridized carbons (Fsp3) is 0.364. The van der Waals surface area contributed by atoms with E-state index in [-0.39, 0.29) is 6.04 Å². The molecule has 0 spiro atoms. The molecule has 2 heterocycles. The van der Waals surface area contributed by atoms with E-state index >= 15 is 0 Å². The first-order valence-electron chi connectivity index (χ1n) is 5.67. The third-order valence-corrected chi connectivity index (χ3v) is 6.12. The van der Waals surface area contributed by atoms with Crippen molar-refractivity contribution in [3.63, 3.8) is 0 Å². The Kier molecular flexibility index (Phi) is 4.69. The Morgan fingerprint density at radius 1 is 1.37 bits per heavy atom. The molecular weight excluding hydrogens is 302 g/mol. The zero-order valence-corrected chi connectivity index (χ0v) is 13.0. The second-order valence-corrected chi connectivity index (χ2v) is 7.56. The van der Waals surface area contributed by atoms with Crippen molar-refractivity contribution in [1.29, 1.82) is 0 Å². The number of hydrogen-bond donors (Lipinski definition) is 2. The molecule has 0 fully saturated rings. The molecule has 19 heavy (non-hydrogen) atoms. The predicted molar refractivity (Wildman–Crippen MR) is 77.9 cm³/mol. The summed E-state index contributed by atoms with van der Waals surface area (Å²) in [6.07, 6.45) is 1.67. The average Bonchev–Trinajstić information content (AvgIpc) is 2.99. The summed E-state index contributed by atoms with van der Waals surface area (Å²) < 4.78 is 27.3. The Labute approximate surface area is 120 Å². The molecule has 5 nitrogen and oxygen atoms in total. The van der Waals surface area contributed by atoms with Crippen molar-refractivity contribution < 1.29 is 8.42 Å². The number of sulfonamides is 1. The highest BCUT2D eigenvalue weighted by molar-refractivity contribution is 7.89. The van der Waals surface area contributed by atoms with Crippen molar-refractivity contribution in [1.82, 2.24) is 15.0 Å². The van der Waals surface area contributed by atoms with Crippen molar-refractivity contribution >= 4 is 32.7 Å².